The van der Waals surface area contributed by atoms with Gasteiger partial charge in [-0.1, -0.05) is 13.3 Å². The first kappa shape index (κ1) is 9.98. The third kappa shape index (κ3) is 2.09. The van der Waals surface area contributed by atoms with Gasteiger partial charge in [-0.2, -0.15) is 5.26 Å². The van der Waals surface area contributed by atoms with E-state index in [0.717, 1.165) is 31.2 Å². The zero-order chi connectivity index (χ0) is 10.0. The van der Waals surface area contributed by atoms with Gasteiger partial charge in [0.1, 0.15) is 5.54 Å². The van der Waals surface area contributed by atoms with Crippen LogP contribution in [0.4, 0.5) is 0 Å². The number of hydrogen-bond acceptors (Lipinski definition) is 2. The van der Waals surface area contributed by atoms with Crippen molar-refractivity contribution in [3.8, 4) is 6.07 Å². The molecule has 0 aromatic heterocycles. The summed E-state index contributed by atoms with van der Waals surface area (Å²) in [5.41, 5.74) is -0.163. The quantitative estimate of drug-likeness (QED) is 0.742. The Kier molecular flexibility index (Phi) is 2.78. The summed E-state index contributed by atoms with van der Waals surface area (Å²) in [4.78, 5) is 0. The van der Waals surface area contributed by atoms with Gasteiger partial charge < -0.3 is 0 Å². The maximum absolute atomic E-state index is 9.25. The molecule has 0 radical (unpaired) electrons. The van der Waals surface area contributed by atoms with Gasteiger partial charge in [-0.3, -0.25) is 5.32 Å². The molecule has 2 aliphatic carbocycles. The predicted molar refractivity (Wildman–Crippen MR) is 56.7 cm³/mol. The van der Waals surface area contributed by atoms with Crippen molar-refractivity contribution in [1.29, 1.82) is 5.26 Å². The predicted octanol–water partition coefficient (Wildman–Crippen LogP) is 2.46. The Bertz CT molecular complexity index is 239. The molecular formula is C12H20N2. The summed E-state index contributed by atoms with van der Waals surface area (Å²) in [5.74, 6) is 1.65. The van der Waals surface area contributed by atoms with Gasteiger partial charge in [0, 0.05) is 0 Å². The summed E-state index contributed by atoms with van der Waals surface area (Å²) in [6.45, 7) is 3.31. The van der Waals surface area contributed by atoms with Crippen LogP contribution in [-0.2, 0) is 0 Å². The molecule has 78 valence electrons. The lowest BCUT2D eigenvalue weighted by molar-refractivity contribution is 0.392. The molecule has 0 bridgehead atoms. The zero-order valence-electron chi connectivity index (χ0n) is 9.05. The summed E-state index contributed by atoms with van der Waals surface area (Å²) in [6, 6.07) is 2.51. The van der Waals surface area contributed by atoms with Crippen molar-refractivity contribution < 1.29 is 0 Å². The number of nitrogens with one attached hydrogen (secondary N) is 1. The lowest BCUT2D eigenvalue weighted by atomic mass is 9.96. The number of hydrogen-bond donors (Lipinski definition) is 1. The zero-order valence-corrected chi connectivity index (χ0v) is 9.05. The largest absolute Gasteiger partial charge is 0.299 e. The molecule has 2 fully saturated rings. The molecule has 2 rings (SSSR count). The lowest BCUT2D eigenvalue weighted by Gasteiger charge is -2.22. The van der Waals surface area contributed by atoms with Crippen LogP contribution in [0.3, 0.4) is 0 Å². The van der Waals surface area contributed by atoms with E-state index in [9.17, 15) is 5.26 Å². The standard InChI is InChI=1S/C12H20N2/c1-2-10-5-6-12(7-10,9-13)14-8-11-3-4-11/h10-11,14H,2-8H2,1H3. The van der Waals surface area contributed by atoms with Gasteiger partial charge in [0.15, 0.2) is 0 Å². The van der Waals surface area contributed by atoms with Gasteiger partial charge in [-0.25, -0.2) is 0 Å². The highest BCUT2D eigenvalue weighted by Crippen LogP contribution is 2.37. The van der Waals surface area contributed by atoms with Crippen LogP contribution in [0, 0.1) is 23.2 Å². The molecule has 2 aliphatic rings. The van der Waals surface area contributed by atoms with Crippen molar-refractivity contribution in [3.63, 3.8) is 0 Å². The van der Waals surface area contributed by atoms with E-state index in [2.05, 4.69) is 18.3 Å². The molecule has 0 aliphatic heterocycles. The Morgan fingerprint density at radius 3 is 2.64 bits per heavy atom. The van der Waals surface area contributed by atoms with Gasteiger partial charge in [-0.05, 0) is 50.5 Å². The highest BCUT2D eigenvalue weighted by Gasteiger charge is 2.39. The first-order chi connectivity index (χ1) is 6.78. The van der Waals surface area contributed by atoms with E-state index in [4.69, 9.17) is 0 Å². The maximum atomic E-state index is 9.25. The highest BCUT2D eigenvalue weighted by molar-refractivity contribution is 5.11. The summed E-state index contributed by atoms with van der Waals surface area (Å²) < 4.78 is 0. The van der Waals surface area contributed by atoms with E-state index >= 15 is 0 Å². The first-order valence-electron chi connectivity index (χ1n) is 5.94. The third-order valence-electron chi connectivity index (χ3n) is 3.83. The minimum absolute atomic E-state index is 0.163. The molecule has 0 saturated heterocycles. The molecule has 0 heterocycles. The van der Waals surface area contributed by atoms with E-state index < -0.39 is 0 Å². The fourth-order valence-corrected chi connectivity index (χ4v) is 2.46. The molecular weight excluding hydrogens is 172 g/mol. The van der Waals surface area contributed by atoms with Crippen LogP contribution in [0.15, 0.2) is 0 Å². The second-order valence-corrected chi connectivity index (χ2v) is 5.04. The molecule has 2 saturated carbocycles. The molecule has 1 N–H and O–H groups in total. The topological polar surface area (TPSA) is 35.8 Å². The summed E-state index contributed by atoms with van der Waals surface area (Å²) >= 11 is 0. The minimum atomic E-state index is -0.163. The van der Waals surface area contributed by atoms with E-state index in [1.807, 2.05) is 0 Å². The maximum Gasteiger partial charge on any atom is 0.107 e. The van der Waals surface area contributed by atoms with Crippen molar-refractivity contribution in [2.75, 3.05) is 6.54 Å². The van der Waals surface area contributed by atoms with Gasteiger partial charge in [0.05, 0.1) is 6.07 Å². The molecule has 2 unspecified atom stereocenters. The van der Waals surface area contributed by atoms with Crippen molar-refractivity contribution in [1.82, 2.24) is 5.32 Å². The Labute approximate surface area is 86.7 Å². The SMILES string of the molecule is CCC1CCC(C#N)(NCC2CC2)C1. The molecule has 0 amide bonds. The van der Waals surface area contributed by atoms with Crippen LogP contribution in [0.25, 0.3) is 0 Å². The van der Waals surface area contributed by atoms with Gasteiger partial charge in [0.2, 0.25) is 0 Å². The van der Waals surface area contributed by atoms with Crippen LogP contribution < -0.4 is 5.32 Å². The number of rotatable bonds is 4. The van der Waals surface area contributed by atoms with Crippen LogP contribution in [0.5, 0.6) is 0 Å². The monoisotopic (exact) mass is 192 g/mol. The number of nitrogens with zero attached hydrogens (tertiary/aromatic N) is 1. The van der Waals surface area contributed by atoms with E-state index in [0.29, 0.717) is 0 Å². The second kappa shape index (κ2) is 3.90. The Morgan fingerprint density at radius 2 is 2.14 bits per heavy atom. The van der Waals surface area contributed by atoms with Crippen molar-refractivity contribution in [2.24, 2.45) is 11.8 Å². The summed E-state index contributed by atoms with van der Waals surface area (Å²) in [7, 11) is 0. The Morgan fingerprint density at radius 1 is 1.36 bits per heavy atom. The van der Waals surface area contributed by atoms with Crippen LogP contribution in [-0.4, -0.2) is 12.1 Å². The van der Waals surface area contributed by atoms with E-state index in [-0.39, 0.29) is 5.54 Å². The summed E-state index contributed by atoms with van der Waals surface area (Å²) in [6.07, 6.45) is 7.34. The summed E-state index contributed by atoms with van der Waals surface area (Å²) in [5, 5.41) is 12.8. The van der Waals surface area contributed by atoms with Gasteiger partial charge in [0.25, 0.3) is 0 Å². The number of nitriles is 1. The van der Waals surface area contributed by atoms with Crippen molar-refractivity contribution in [3.05, 3.63) is 0 Å². The van der Waals surface area contributed by atoms with Crippen LogP contribution in [0.2, 0.25) is 0 Å². The third-order valence-corrected chi connectivity index (χ3v) is 3.83. The van der Waals surface area contributed by atoms with Crippen LogP contribution >= 0.6 is 0 Å². The highest BCUT2D eigenvalue weighted by atomic mass is 15.0. The van der Waals surface area contributed by atoms with Gasteiger partial charge >= 0.3 is 0 Å². The Balaban J connectivity index is 1.86. The normalized spacial score (nSPS) is 37.0. The fourth-order valence-electron chi connectivity index (χ4n) is 2.46. The minimum Gasteiger partial charge on any atom is -0.299 e. The Hall–Kier alpha value is -0.550. The molecule has 2 atom stereocenters. The molecule has 14 heavy (non-hydrogen) atoms. The van der Waals surface area contributed by atoms with Crippen molar-refractivity contribution >= 4 is 0 Å². The molecule has 2 nitrogen and oxygen atoms in total. The van der Waals surface area contributed by atoms with Crippen LogP contribution in [0.1, 0.15) is 45.4 Å². The second-order valence-electron chi connectivity index (χ2n) is 5.04. The average Bonchev–Trinajstić information content (AvgIpc) is 2.96. The van der Waals surface area contributed by atoms with Crippen molar-refractivity contribution in [2.45, 2.75) is 51.0 Å². The molecule has 0 spiro atoms. The molecule has 2 heteroatoms. The van der Waals surface area contributed by atoms with Gasteiger partial charge in [-0.15, -0.1) is 0 Å². The van der Waals surface area contributed by atoms with E-state index in [1.165, 1.54) is 25.7 Å². The molecule has 0 aromatic carbocycles. The first-order valence-corrected chi connectivity index (χ1v) is 5.94. The molecule has 0 aromatic rings. The smallest absolute Gasteiger partial charge is 0.107 e. The van der Waals surface area contributed by atoms with E-state index in [1.54, 1.807) is 0 Å². The average molecular weight is 192 g/mol. The fraction of sp³-hybridized carbons (Fsp3) is 0.917. The lowest BCUT2D eigenvalue weighted by Crippen LogP contribution is -2.42.